The van der Waals surface area contributed by atoms with Crippen LogP contribution in [0.15, 0.2) is 53.7 Å². The van der Waals surface area contributed by atoms with Gasteiger partial charge in [-0.2, -0.15) is 0 Å². The average molecular weight is 460 g/mol. The third-order valence-corrected chi connectivity index (χ3v) is 5.97. The smallest absolute Gasteiger partial charge is 0.191 e. The molecule has 0 spiro atoms. The molecule has 1 unspecified atom stereocenters. The fourth-order valence-electron chi connectivity index (χ4n) is 3.28. The van der Waals surface area contributed by atoms with Crippen molar-refractivity contribution in [2.24, 2.45) is 0 Å². The van der Waals surface area contributed by atoms with Gasteiger partial charge in [-0.05, 0) is 62.6 Å². The SMILES string of the molecule is CC(C)c1ccccc1OC(C)c1nnc(SCCOc2ccc(Cl)cc2)n1C(C)C. The first-order chi connectivity index (χ1) is 14.9. The second-order valence-corrected chi connectivity index (χ2v) is 9.41. The van der Waals surface area contributed by atoms with Crippen LogP contribution in [-0.2, 0) is 0 Å². The van der Waals surface area contributed by atoms with E-state index in [-0.39, 0.29) is 12.1 Å². The molecular formula is C24H30ClN3O2S. The van der Waals surface area contributed by atoms with Crippen molar-refractivity contribution in [2.75, 3.05) is 12.4 Å². The lowest BCUT2D eigenvalue weighted by Gasteiger charge is -2.21. The number of aromatic nitrogens is 3. The minimum Gasteiger partial charge on any atom is -0.493 e. The van der Waals surface area contributed by atoms with Crippen LogP contribution >= 0.6 is 23.4 Å². The fraction of sp³-hybridized carbons (Fsp3) is 0.417. The van der Waals surface area contributed by atoms with Crippen LogP contribution in [0.3, 0.4) is 0 Å². The Balaban J connectivity index is 1.66. The Bertz CT molecular complexity index is 973. The molecule has 0 amide bonds. The van der Waals surface area contributed by atoms with Gasteiger partial charge in [-0.3, -0.25) is 0 Å². The molecule has 0 N–H and O–H groups in total. The Morgan fingerprint density at radius 2 is 1.68 bits per heavy atom. The third-order valence-electron chi connectivity index (χ3n) is 4.81. The van der Waals surface area contributed by atoms with Gasteiger partial charge in [-0.1, -0.05) is 55.4 Å². The number of halogens is 1. The van der Waals surface area contributed by atoms with E-state index in [2.05, 4.69) is 48.5 Å². The molecule has 0 bridgehead atoms. The molecule has 7 heteroatoms. The third kappa shape index (κ3) is 6.17. The Hall–Kier alpha value is -2.18. The lowest BCUT2D eigenvalue weighted by Crippen LogP contribution is -2.15. The maximum Gasteiger partial charge on any atom is 0.191 e. The van der Waals surface area contributed by atoms with Crippen molar-refractivity contribution in [3.8, 4) is 11.5 Å². The quantitative estimate of drug-likeness (QED) is 0.242. The molecule has 3 rings (SSSR count). The van der Waals surface area contributed by atoms with Gasteiger partial charge in [0.05, 0.1) is 6.61 Å². The molecule has 3 aromatic rings. The van der Waals surface area contributed by atoms with Crippen molar-refractivity contribution < 1.29 is 9.47 Å². The monoisotopic (exact) mass is 459 g/mol. The van der Waals surface area contributed by atoms with Gasteiger partial charge in [-0.15, -0.1) is 10.2 Å². The normalized spacial score (nSPS) is 12.4. The summed E-state index contributed by atoms with van der Waals surface area (Å²) in [6, 6.07) is 15.8. The first-order valence-corrected chi connectivity index (χ1v) is 11.9. The summed E-state index contributed by atoms with van der Waals surface area (Å²) in [7, 11) is 0. The lowest BCUT2D eigenvalue weighted by atomic mass is 10.0. The topological polar surface area (TPSA) is 49.2 Å². The Morgan fingerprint density at radius 3 is 2.35 bits per heavy atom. The van der Waals surface area contributed by atoms with Gasteiger partial charge in [0, 0.05) is 16.8 Å². The number of thioether (sulfide) groups is 1. The van der Waals surface area contributed by atoms with Crippen LogP contribution < -0.4 is 9.47 Å². The van der Waals surface area contributed by atoms with Gasteiger partial charge in [-0.25, -0.2) is 0 Å². The van der Waals surface area contributed by atoms with Gasteiger partial charge in [0.25, 0.3) is 0 Å². The Kier molecular flexibility index (Phi) is 8.27. The zero-order valence-electron chi connectivity index (χ0n) is 18.7. The standard InChI is InChI=1S/C24H30ClN3O2S/c1-16(2)21-8-6-7-9-22(21)30-18(5)23-26-27-24(28(23)17(3)4)31-15-14-29-20-12-10-19(25)11-13-20/h6-13,16-18H,14-15H2,1-5H3. The van der Waals surface area contributed by atoms with E-state index in [1.54, 1.807) is 11.8 Å². The molecular weight excluding hydrogens is 430 g/mol. The number of ether oxygens (including phenoxy) is 2. The lowest BCUT2D eigenvalue weighted by molar-refractivity contribution is 0.204. The van der Waals surface area contributed by atoms with Crippen molar-refractivity contribution in [1.82, 2.24) is 14.8 Å². The summed E-state index contributed by atoms with van der Waals surface area (Å²) in [6.45, 7) is 11.2. The van der Waals surface area contributed by atoms with Crippen molar-refractivity contribution in [3.05, 3.63) is 64.9 Å². The fourth-order valence-corrected chi connectivity index (χ4v) is 4.30. The van der Waals surface area contributed by atoms with E-state index in [4.69, 9.17) is 21.1 Å². The molecule has 0 radical (unpaired) electrons. The summed E-state index contributed by atoms with van der Waals surface area (Å²) in [5, 5.41) is 10.5. The van der Waals surface area contributed by atoms with E-state index >= 15 is 0 Å². The molecule has 0 saturated heterocycles. The number of rotatable bonds is 10. The molecule has 1 heterocycles. The van der Waals surface area contributed by atoms with Crippen molar-refractivity contribution in [1.29, 1.82) is 0 Å². The largest absolute Gasteiger partial charge is 0.493 e. The van der Waals surface area contributed by atoms with Crippen LogP contribution in [0.1, 0.15) is 64.1 Å². The summed E-state index contributed by atoms with van der Waals surface area (Å²) in [5.41, 5.74) is 1.19. The number of hydrogen-bond acceptors (Lipinski definition) is 5. The minimum absolute atomic E-state index is 0.213. The van der Waals surface area contributed by atoms with Crippen LogP contribution in [0.25, 0.3) is 0 Å². The molecule has 31 heavy (non-hydrogen) atoms. The summed E-state index contributed by atoms with van der Waals surface area (Å²) in [6.07, 6.45) is -0.213. The van der Waals surface area contributed by atoms with Gasteiger partial charge in [0.2, 0.25) is 0 Å². The van der Waals surface area contributed by atoms with Crippen LogP contribution in [-0.4, -0.2) is 27.1 Å². The summed E-state index contributed by atoms with van der Waals surface area (Å²) < 4.78 is 14.3. The number of benzene rings is 2. The first kappa shape index (κ1) is 23.5. The molecule has 0 saturated carbocycles. The Morgan fingerprint density at radius 1 is 0.968 bits per heavy atom. The molecule has 0 aliphatic rings. The summed E-state index contributed by atoms with van der Waals surface area (Å²) in [4.78, 5) is 0. The predicted molar refractivity (Wildman–Crippen MR) is 128 cm³/mol. The maximum absolute atomic E-state index is 6.32. The van der Waals surface area contributed by atoms with Crippen molar-refractivity contribution in [2.45, 2.75) is 57.8 Å². The molecule has 2 aromatic carbocycles. The van der Waals surface area contributed by atoms with E-state index in [9.17, 15) is 0 Å². The highest BCUT2D eigenvalue weighted by atomic mass is 35.5. The zero-order valence-corrected chi connectivity index (χ0v) is 20.3. The molecule has 1 atom stereocenters. The van der Waals surface area contributed by atoms with E-state index in [1.165, 1.54) is 5.56 Å². The zero-order chi connectivity index (χ0) is 22.4. The predicted octanol–water partition coefficient (Wildman–Crippen LogP) is 6.95. The van der Waals surface area contributed by atoms with Crippen LogP contribution in [0.4, 0.5) is 0 Å². The molecule has 0 aliphatic heterocycles. The Labute approximate surface area is 194 Å². The van der Waals surface area contributed by atoms with E-state index in [0.717, 1.165) is 28.2 Å². The highest BCUT2D eigenvalue weighted by Crippen LogP contribution is 2.31. The highest BCUT2D eigenvalue weighted by Gasteiger charge is 2.22. The van der Waals surface area contributed by atoms with E-state index in [0.29, 0.717) is 17.5 Å². The van der Waals surface area contributed by atoms with Crippen LogP contribution in [0.2, 0.25) is 5.02 Å². The first-order valence-electron chi connectivity index (χ1n) is 10.6. The van der Waals surface area contributed by atoms with Gasteiger partial charge < -0.3 is 14.0 Å². The van der Waals surface area contributed by atoms with Crippen LogP contribution in [0.5, 0.6) is 11.5 Å². The van der Waals surface area contributed by atoms with Crippen molar-refractivity contribution >= 4 is 23.4 Å². The average Bonchev–Trinajstić information content (AvgIpc) is 3.17. The molecule has 166 valence electrons. The molecule has 5 nitrogen and oxygen atoms in total. The molecule has 0 fully saturated rings. The highest BCUT2D eigenvalue weighted by molar-refractivity contribution is 7.99. The van der Waals surface area contributed by atoms with Gasteiger partial charge >= 0.3 is 0 Å². The van der Waals surface area contributed by atoms with Crippen LogP contribution in [0, 0.1) is 0 Å². The summed E-state index contributed by atoms with van der Waals surface area (Å²) in [5.74, 6) is 3.68. The number of hydrogen-bond donors (Lipinski definition) is 0. The minimum atomic E-state index is -0.213. The maximum atomic E-state index is 6.32. The van der Waals surface area contributed by atoms with Crippen molar-refractivity contribution in [3.63, 3.8) is 0 Å². The second-order valence-electron chi connectivity index (χ2n) is 7.91. The molecule has 1 aromatic heterocycles. The number of nitrogens with zero attached hydrogens (tertiary/aromatic N) is 3. The van der Waals surface area contributed by atoms with E-state index in [1.807, 2.05) is 49.4 Å². The summed E-state index contributed by atoms with van der Waals surface area (Å²) >= 11 is 7.55. The second kappa shape index (κ2) is 10.9. The van der Waals surface area contributed by atoms with E-state index < -0.39 is 0 Å². The molecule has 0 aliphatic carbocycles. The number of para-hydroxylation sites is 1. The van der Waals surface area contributed by atoms with Gasteiger partial charge in [0.1, 0.15) is 11.5 Å². The van der Waals surface area contributed by atoms with Gasteiger partial charge in [0.15, 0.2) is 17.1 Å².